The highest BCUT2D eigenvalue weighted by Crippen LogP contribution is 2.24. The van der Waals surface area contributed by atoms with Gasteiger partial charge in [0.05, 0.1) is 4.92 Å². The molecule has 0 saturated carbocycles. The third-order valence-electron chi connectivity index (χ3n) is 2.62. The average Bonchev–Trinajstić information content (AvgIpc) is 2.37. The summed E-state index contributed by atoms with van der Waals surface area (Å²) in [5, 5.41) is 14.0. The minimum absolute atomic E-state index is 0.101. The number of nitrogens with one attached hydrogen (secondary N) is 1. The fourth-order valence-electron chi connectivity index (χ4n) is 1.58. The van der Waals surface area contributed by atoms with E-state index in [-0.39, 0.29) is 16.7 Å². The van der Waals surface area contributed by atoms with Gasteiger partial charge in [0, 0.05) is 25.0 Å². The lowest BCUT2D eigenvalue weighted by molar-refractivity contribution is -0.384. The molecule has 7 heteroatoms. The first-order valence-electron chi connectivity index (χ1n) is 5.52. The maximum atomic E-state index is 10.9. The summed E-state index contributed by atoms with van der Waals surface area (Å²) in [4.78, 5) is 18.3. The van der Waals surface area contributed by atoms with Crippen LogP contribution in [-0.4, -0.2) is 14.9 Å². The molecule has 0 aliphatic heterocycles. The molecule has 0 amide bonds. The fourth-order valence-corrected chi connectivity index (χ4v) is 1.73. The number of anilines is 1. The van der Waals surface area contributed by atoms with Crippen molar-refractivity contribution in [1.82, 2.24) is 9.97 Å². The van der Waals surface area contributed by atoms with Gasteiger partial charge in [-0.25, -0.2) is 4.98 Å². The number of halogens is 1. The van der Waals surface area contributed by atoms with E-state index in [1.807, 2.05) is 13.0 Å². The Morgan fingerprint density at radius 2 is 2.21 bits per heavy atom. The number of nitro groups is 1. The summed E-state index contributed by atoms with van der Waals surface area (Å²) >= 11 is 5.75. The Labute approximate surface area is 114 Å². The second kappa shape index (κ2) is 5.62. The Morgan fingerprint density at radius 1 is 1.42 bits per heavy atom. The first-order valence-corrected chi connectivity index (χ1v) is 5.90. The van der Waals surface area contributed by atoms with Crippen LogP contribution in [0.2, 0.25) is 5.15 Å². The molecule has 0 spiro atoms. The molecule has 0 radical (unpaired) electrons. The van der Waals surface area contributed by atoms with Gasteiger partial charge in [0.1, 0.15) is 5.15 Å². The van der Waals surface area contributed by atoms with Crippen LogP contribution in [0.25, 0.3) is 0 Å². The summed E-state index contributed by atoms with van der Waals surface area (Å²) in [6.07, 6.45) is 3.40. The predicted molar refractivity (Wildman–Crippen MR) is 72.2 cm³/mol. The van der Waals surface area contributed by atoms with Crippen molar-refractivity contribution in [2.45, 2.75) is 13.5 Å². The topological polar surface area (TPSA) is 81.0 Å². The van der Waals surface area contributed by atoms with Gasteiger partial charge in [-0.2, -0.15) is 0 Å². The van der Waals surface area contributed by atoms with Gasteiger partial charge in [0.25, 0.3) is 0 Å². The summed E-state index contributed by atoms with van der Waals surface area (Å²) in [7, 11) is 0. The molecule has 0 unspecified atom stereocenters. The Kier molecular flexibility index (Phi) is 3.91. The van der Waals surface area contributed by atoms with Crippen LogP contribution in [0.4, 0.5) is 11.5 Å². The molecule has 0 aliphatic carbocycles. The number of hydrogen-bond donors (Lipinski definition) is 1. The van der Waals surface area contributed by atoms with Crippen molar-refractivity contribution in [2.75, 3.05) is 5.32 Å². The molecule has 1 N–H and O–H groups in total. The SMILES string of the molecule is Cc1cnccc1CNc1nc(Cl)ccc1[N+](=O)[O-]. The van der Waals surface area contributed by atoms with Crippen LogP contribution in [0.3, 0.4) is 0 Å². The minimum atomic E-state index is -0.495. The van der Waals surface area contributed by atoms with E-state index in [9.17, 15) is 10.1 Å². The van der Waals surface area contributed by atoms with E-state index in [2.05, 4.69) is 15.3 Å². The van der Waals surface area contributed by atoms with Crippen molar-refractivity contribution in [1.29, 1.82) is 0 Å². The molecule has 0 aliphatic rings. The quantitative estimate of drug-likeness (QED) is 0.528. The van der Waals surface area contributed by atoms with Crippen LogP contribution in [0.5, 0.6) is 0 Å². The minimum Gasteiger partial charge on any atom is -0.360 e. The molecule has 0 bridgehead atoms. The third-order valence-corrected chi connectivity index (χ3v) is 2.83. The smallest absolute Gasteiger partial charge is 0.311 e. The second-order valence-corrected chi connectivity index (χ2v) is 4.30. The molecule has 0 saturated heterocycles. The van der Waals surface area contributed by atoms with Crippen LogP contribution in [0.1, 0.15) is 11.1 Å². The van der Waals surface area contributed by atoms with Gasteiger partial charge < -0.3 is 5.32 Å². The van der Waals surface area contributed by atoms with Crippen molar-refractivity contribution >= 4 is 23.1 Å². The normalized spacial score (nSPS) is 10.2. The largest absolute Gasteiger partial charge is 0.360 e. The predicted octanol–water partition coefficient (Wildman–Crippen LogP) is 2.96. The number of hydrogen-bond acceptors (Lipinski definition) is 5. The maximum Gasteiger partial charge on any atom is 0.311 e. The highest BCUT2D eigenvalue weighted by atomic mass is 35.5. The molecule has 2 aromatic rings. The van der Waals surface area contributed by atoms with Crippen LogP contribution in [-0.2, 0) is 6.54 Å². The lowest BCUT2D eigenvalue weighted by atomic mass is 10.1. The summed E-state index contributed by atoms with van der Waals surface area (Å²) in [6, 6.07) is 4.57. The number of rotatable bonds is 4. The van der Waals surface area contributed by atoms with E-state index >= 15 is 0 Å². The molecule has 2 aromatic heterocycles. The number of pyridine rings is 2. The van der Waals surface area contributed by atoms with E-state index in [0.717, 1.165) is 11.1 Å². The molecule has 0 fully saturated rings. The maximum absolute atomic E-state index is 10.9. The molecular formula is C12H11ClN4O2. The Hall–Kier alpha value is -2.21. The van der Waals surface area contributed by atoms with E-state index in [1.165, 1.54) is 12.1 Å². The summed E-state index contributed by atoms with van der Waals surface area (Å²) < 4.78 is 0. The number of aryl methyl sites for hydroxylation is 1. The van der Waals surface area contributed by atoms with Gasteiger partial charge >= 0.3 is 5.69 Å². The number of nitrogens with zero attached hydrogens (tertiary/aromatic N) is 3. The molecule has 0 atom stereocenters. The Morgan fingerprint density at radius 3 is 2.89 bits per heavy atom. The highest BCUT2D eigenvalue weighted by Gasteiger charge is 2.15. The zero-order valence-electron chi connectivity index (χ0n) is 10.1. The van der Waals surface area contributed by atoms with E-state index in [0.29, 0.717) is 6.54 Å². The standard InChI is InChI=1S/C12H11ClN4O2/c1-8-6-14-5-4-9(8)7-15-12-10(17(18)19)2-3-11(13)16-12/h2-6H,7H2,1H3,(H,15,16). The lowest BCUT2D eigenvalue weighted by Gasteiger charge is -2.08. The van der Waals surface area contributed by atoms with Crippen LogP contribution >= 0.6 is 11.6 Å². The third kappa shape index (κ3) is 3.17. The second-order valence-electron chi connectivity index (χ2n) is 3.91. The summed E-state index contributed by atoms with van der Waals surface area (Å²) in [5.41, 5.74) is 1.89. The zero-order valence-corrected chi connectivity index (χ0v) is 10.9. The molecule has 2 rings (SSSR count). The Bertz CT molecular complexity index is 618. The van der Waals surface area contributed by atoms with Gasteiger partial charge in [0.15, 0.2) is 0 Å². The monoisotopic (exact) mass is 278 g/mol. The van der Waals surface area contributed by atoms with Gasteiger partial charge in [-0.05, 0) is 30.2 Å². The van der Waals surface area contributed by atoms with Crippen molar-refractivity contribution in [3.05, 3.63) is 57.0 Å². The van der Waals surface area contributed by atoms with Crippen molar-refractivity contribution in [3.8, 4) is 0 Å². The summed E-state index contributed by atoms with van der Waals surface area (Å²) in [5.74, 6) is 0.161. The van der Waals surface area contributed by atoms with Gasteiger partial charge in [-0.3, -0.25) is 15.1 Å². The molecule has 6 nitrogen and oxygen atoms in total. The Balaban J connectivity index is 2.22. The zero-order chi connectivity index (χ0) is 13.8. The van der Waals surface area contributed by atoms with Crippen LogP contribution in [0, 0.1) is 17.0 Å². The molecule has 0 aromatic carbocycles. The van der Waals surface area contributed by atoms with E-state index in [1.54, 1.807) is 12.4 Å². The first kappa shape index (κ1) is 13.2. The van der Waals surface area contributed by atoms with E-state index in [4.69, 9.17) is 11.6 Å². The fraction of sp³-hybridized carbons (Fsp3) is 0.167. The molecule has 2 heterocycles. The van der Waals surface area contributed by atoms with Crippen molar-refractivity contribution < 1.29 is 4.92 Å². The van der Waals surface area contributed by atoms with Crippen molar-refractivity contribution in [2.24, 2.45) is 0 Å². The first-order chi connectivity index (χ1) is 9.08. The highest BCUT2D eigenvalue weighted by molar-refractivity contribution is 6.29. The molecule has 19 heavy (non-hydrogen) atoms. The van der Waals surface area contributed by atoms with Crippen molar-refractivity contribution in [3.63, 3.8) is 0 Å². The van der Waals surface area contributed by atoms with Gasteiger partial charge in [-0.1, -0.05) is 11.6 Å². The number of aromatic nitrogens is 2. The van der Waals surface area contributed by atoms with Crippen LogP contribution < -0.4 is 5.32 Å². The lowest BCUT2D eigenvalue weighted by Crippen LogP contribution is -2.06. The van der Waals surface area contributed by atoms with E-state index < -0.39 is 4.92 Å². The average molecular weight is 279 g/mol. The van der Waals surface area contributed by atoms with Gasteiger partial charge in [0.2, 0.25) is 5.82 Å². The molecule has 98 valence electrons. The summed E-state index contributed by atoms with van der Waals surface area (Å²) in [6.45, 7) is 2.34. The molecular weight excluding hydrogens is 268 g/mol. The van der Waals surface area contributed by atoms with Crippen LogP contribution in [0.15, 0.2) is 30.6 Å². The van der Waals surface area contributed by atoms with Gasteiger partial charge in [-0.15, -0.1) is 0 Å².